The van der Waals surface area contributed by atoms with Gasteiger partial charge in [0.1, 0.15) is 0 Å². The molecule has 0 saturated carbocycles. The van der Waals surface area contributed by atoms with Gasteiger partial charge in [0, 0.05) is 37.8 Å². The van der Waals surface area contributed by atoms with Gasteiger partial charge in [0.05, 0.1) is 10.7 Å². The molecule has 2 atom stereocenters. The number of urea groups is 1. The Kier molecular flexibility index (Phi) is 6.56. The van der Waals surface area contributed by atoms with Crippen LogP contribution in [0, 0.1) is 11.8 Å². The molecule has 23 heavy (non-hydrogen) atoms. The van der Waals surface area contributed by atoms with E-state index >= 15 is 0 Å². The quantitative estimate of drug-likeness (QED) is 0.740. The molecule has 1 aromatic rings. The number of carbonyl (C=O) groups is 1. The summed E-state index contributed by atoms with van der Waals surface area (Å²) in [4.78, 5) is 11.9. The Labute approximate surface area is 138 Å². The Balaban J connectivity index is 1.90. The van der Waals surface area contributed by atoms with E-state index in [0.717, 1.165) is 6.42 Å². The summed E-state index contributed by atoms with van der Waals surface area (Å²) in [5, 5.41) is 14.3. The third kappa shape index (κ3) is 4.76. The van der Waals surface area contributed by atoms with Crippen molar-refractivity contribution in [3.8, 4) is 0 Å². The van der Waals surface area contributed by atoms with Crippen LogP contribution >= 0.6 is 11.6 Å². The van der Waals surface area contributed by atoms with Crippen LogP contribution in [-0.4, -0.2) is 37.5 Å². The van der Waals surface area contributed by atoms with Crippen molar-refractivity contribution < 1.29 is 23.4 Å². The van der Waals surface area contributed by atoms with E-state index in [-0.39, 0.29) is 41.3 Å². The highest BCUT2D eigenvalue weighted by Crippen LogP contribution is 2.32. The van der Waals surface area contributed by atoms with E-state index in [4.69, 9.17) is 16.3 Å². The zero-order valence-corrected chi connectivity index (χ0v) is 13.2. The Hall–Kier alpha value is -1.44. The van der Waals surface area contributed by atoms with Crippen molar-refractivity contribution in [2.45, 2.75) is 12.8 Å². The van der Waals surface area contributed by atoms with Crippen molar-refractivity contribution in [3.05, 3.63) is 28.8 Å². The molecule has 2 rings (SSSR count). The smallest absolute Gasteiger partial charge is 0.319 e. The molecule has 1 aromatic carbocycles. The van der Waals surface area contributed by atoms with Crippen molar-refractivity contribution >= 4 is 23.3 Å². The van der Waals surface area contributed by atoms with Gasteiger partial charge in [-0.05, 0) is 18.4 Å². The summed E-state index contributed by atoms with van der Waals surface area (Å²) in [6.45, 7) is 1.43. The molecule has 0 aromatic heterocycles. The number of alkyl halides is 2. The first-order chi connectivity index (χ1) is 11.0. The van der Waals surface area contributed by atoms with Crippen molar-refractivity contribution in [2.24, 2.45) is 11.8 Å². The molecule has 2 amide bonds. The minimum Gasteiger partial charge on any atom is -0.396 e. The molecule has 5 nitrogen and oxygen atoms in total. The number of nitrogens with one attached hydrogen (secondary N) is 2. The number of halogens is 3. The summed E-state index contributed by atoms with van der Waals surface area (Å²) in [7, 11) is 0. The maximum absolute atomic E-state index is 12.8. The highest BCUT2D eigenvalue weighted by Gasteiger charge is 2.25. The summed E-state index contributed by atoms with van der Waals surface area (Å²) in [5.74, 6) is 0.0946. The molecule has 1 heterocycles. The van der Waals surface area contributed by atoms with Crippen molar-refractivity contribution in [2.75, 3.05) is 31.7 Å². The molecule has 1 aliphatic rings. The van der Waals surface area contributed by atoms with Crippen LogP contribution in [0.4, 0.5) is 19.3 Å². The third-order valence-corrected chi connectivity index (χ3v) is 4.32. The summed E-state index contributed by atoms with van der Waals surface area (Å²) in [6, 6.07) is 3.49. The van der Waals surface area contributed by atoms with Crippen LogP contribution in [0.3, 0.4) is 0 Å². The van der Waals surface area contributed by atoms with Gasteiger partial charge in [-0.15, -0.1) is 0 Å². The normalized spacial score (nSPS) is 18.9. The van der Waals surface area contributed by atoms with Crippen LogP contribution in [0.15, 0.2) is 18.2 Å². The van der Waals surface area contributed by atoms with Gasteiger partial charge in [-0.3, -0.25) is 0 Å². The van der Waals surface area contributed by atoms with Crippen LogP contribution in [0.5, 0.6) is 0 Å². The monoisotopic (exact) mass is 348 g/mol. The molecule has 8 heteroatoms. The van der Waals surface area contributed by atoms with Gasteiger partial charge in [0.2, 0.25) is 0 Å². The van der Waals surface area contributed by atoms with Gasteiger partial charge < -0.3 is 20.5 Å². The van der Waals surface area contributed by atoms with Crippen molar-refractivity contribution in [1.82, 2.24) is 5.32 Å². The average Bonchev–Trinajstić information content (AvgIpc) is 3.04. The lowest BCUT2D eigenvalue weighted by molar-refractivity contribution is 0.139. The van der Waals surface area contributed by atoms with Gasteiger partial charge in [-0.25, -0.2) is 13.6 Å². The van der Waals surface area contributed by atoms with Gasteiger partial charge in [0.25, 0.3) is 6.43 Å². The fraction of sp³-hybridized carbons (Fsp3) is 0.533. The molecule has 0 radical (unpaired) electrons. The van der Waals surface area contributed by atoms with E-state index in [1.54, 1.807) is 0 Å². The largest absolute Gasteiger partial charge is 0.396 e. The molecule has 1 aliphatic heterocycles. The standard InChI is InChI=1S/C15H19ClF2N2O3/c16-13-11(14(17)18)2-1-3-12(13)20-15(22)19-6-10(7-21)9-4-5-23-8-9/h1-3,9-10,14,21H,4-8H2,(H2,19,20,22). The van der Waals surface area contributed by atoms with Crippen LogP contribution in [0.1, 0.15) is 18.4 Å². The molecule has 0 bridgehead atoms. The van der Waals surface area contributed by atoms with Crippen LogP contribution in [0.25, 0.3) is 0 Å². The molecular formula is C15H19ClF2N2O3. The lowest BCUT2D eigenvalue weighted by Gasteiger charge is -2.20. The van der Waals surface area contributed by atoms with Gasteiger partial charge in [-0.2, -0.15) is 0 Å². The first-order valence-electron chi connectivity index (χ1n) is 7.33. The molecule has 0 spiro atoms. The number of rotatable bonds is 6. The average molecular weight is 349 g/mol. The van der Waals surface area contributed by atoms with E-state index in [1.165, 1.54) is 18.2 Å². The highest BCUT2D eigenvalue weighted by molar-refractivity contribution is 6.34. The van der Waals surface area contributed by atoms with Gasteiger partial charge >= 0.3 is 6.03 Å². The summed E-state index contributed by atoms with van der Waals surface area (Å²) in [6.07, 6.45) is -1.87. The third-order valence-electron chi connectivity index (χ3n) is 3.90. The van der Waals surface area contributed by atoms with E-state index in [0.29, 0.717) is 13.2 Å². The molecule has 128 valence electrons. The number of hydrogen-bond acceptors (Lipinski definition) is 3. The van der Waals surface area contributed by atoms with Crippen molar-refractivity contribution in [1.29, 1.82) is 0 Å². The van der Waals surface area contributed by atoms with E-state index < -0.39 is 12.5 Å². The summed E-state index contributed by atoms with van der Waals surface area (Å²) in [5.41, 5.74) is -0.215. The highest BCUT2D eigenvalue weighted by atomic mass is 35.5. The number of amides is 2. The second-order valence-corrected chi connectivity index (χ2v) is 5.79. The predicted molar refractivity (Wildman–Crippen MR) is 82.9 cm³/mol. The SMILES string of the molecule is O=C(NCC(CO)C1CCOC1)Nc1cccc(C(F)F)c1Cl. The molecule has 1 fully saturated rings. The van der Waals surface area contributed by atoms with E-state index in [1.807, 2.05) is 0 Å². The Bertz CT molecular complexity index is 539. The number of aliphatic hydroxyl groups excluding tert-OH is 1. The lowest BCUT2D eigenvalue weighted by atomic mass is 9.92. The van der Waals surface area contributed by atoms with E-state index in [9.17, 15) is 18.7 Å². The molecule has 3 N–H and O–H groups in total. The molecule has 1 saturated heterocycles. The van der Waals surface area contributed by atoms with Gasteiger partial charge in [0.15, 0.2) is 0 Å². The van der Waals surface area contributed by atoms with Gasteiger partial charge in [-0.1, -0.05) is 23.7 Å². The fourth-order valence-electron chi connectivity index (χ4n) is 2.51. The zero-order chi connectivity index (χ0) is 16.8. The maximum atomic E-state index is 12.8. The number of anilines is 1. The maximum Gasteiger partial charge on any atom is 0.319 e. The first-order valence-corrected chi connectivity index (χ1v) is 7.70. The second-order valence-electron chi connectivity index (χ2n) is 5.41. The molecule has 2 unspecified atom stereocenters. The number of ether oxygens (including phenoxy) is 1. The minimum absolute atomic E-state index is 0.0596. The zero-order valence-electron chi connectivity index (χ0n) is 12.4. The van der Waals surface area contributed by atoms with Crippen LogP contribution in [0.2, 0.25) is 5.02 Å². The Morgan fingerprint density at radius 3 is 2.87 bits per heavy atom. The first kappa shape index (κ1) is 17.9. The van der Waals surface area contributed by atoms with Crippen LogP contribution in [-0.2, 0) is 4.74 Å². The number of hydrogen-bond donors (Lipinski definition) is 3. The minimum atomic E-state index is -2.71. The fourth-order valence-corrected chi connectivity index (χ4v) is 2.77. The molecule has 0 aliphatic carbocycles. The number of aliphatic hydroxyl groups is 1. The van der Waals surface area contributed by atoms with Crippen LogP contribution < -0.4 is 10.6 Å². The lowest BCUT2D eigenvalue weighted by Crippen LogP contribution is -2.37. The molecular weight excluding hydrogens is 330 g/mol. The Morgan fingerprint density at radius 1 is 1.48 bits per heavy atom. The predicted octanol–water partition coefficient (Wildman–Crippen LogP) is 3.04. The number of benzene rings is 1. The second kappa shape index (κ2) is 8.42. The Morgan fingerprint density at radius 2 is 2.26 bits per heavy atom. The summed E-state index contributed by atoms with van der Waals surface area (Å²) >= 11 is 5.86. The van der Waals surface area contributed by atoms with E-state index in [2.05, 4.69) is 10.6 Å². The number of carbonyl (C=O) groups excluding carboxylic acids is 1. The topological polar surface area (TPSA) is 70.6 Å². The summed E-state index contributed by atoms with van der Waals surface area (Å²) < 4.78 is 30.8. The van der Waals surface area contributed by atoms with Crippen molar-refractivity contribution in [3.63, 3.8) is 0 Å².